The van der Waals surface area contributed by atoms with Gasteiger partial charge >= 0.3 is 0 Å². The third-order valence-corrected chi connectivity index (χ3v) is 4.20. The first kappa shape index (κ1) is 11.0. The summed E-state index contributed by atoms with van der Waals surface area (Å²) in [5.41, 5.74) is 6.72. The average molecular weight is 183 g/mol. The van der Waals surface area contributed by atoms with E-state index in [2.05, 4.69) is 20.8 Å². The lowest BCUT2D eigenvalue weighted by molar-refractivity contribution is 0.118. The highest BCUT2D eigenvalue weighted by Crippen LogP contribution is 2.39. The van der Waals surface area contributed by atoms with Gasteiger partial charge in [0, 0.05) is 5.54 Å². The van der Waals surface area contributed by atoms with Crippen LogP contribution in [0.3, 0.4) is 0 Å². The van der Waals surface area contributed by atoms with Gasteiger partial charge in [0.15, 0.2) is 0 Å². The molecule has 0 amide bonds. The molecule has 1 rings (SSSR count). The van der Waals surface area contributed by atoms with Gasteiger partial charge in [-0.25, -0.2) is 0 Å². The average Bonchev–Trinajstić information content (AvgIpc) is 2.17. The quantitative estimate of drug-likeness (QED) is 0.713. The summed E-state index contributed by atoms with van der Waals surface area (Å²) in [6.07, 6.45) is 7.84. The van der Waals surface area contributed by atoms with Gasteiger partial charge in [0.25, 0.3) is 0 Å². The van der Waals surface area contributed by atoms with Gasteiger partial charge in [0.05, 0.1) is 0 Å². The molecule has 0 aliphatic heterocycles. The molecule has 3 unspecified atom stereocenters. The third-order valence-electron chi connectivity index (χ3n) is 4.20. The summed E-state index contributed by atoms with van der Waals surface area (Å²) in [5, 5.41) is 0. The monoisotopic (exact) mass is 183 g/mol. The molecule has 1 aliphatic rings. The van der Waals surface area contributed by atoms with Crippen molar-refractivity contribution in [2.45, 2.75) is 64.8 Å². The molecule has 0 aromatic rings. The van der Waals surface area contributed by atoms with E-state index in [0.29, 0.717) is 5.92 Å². The third kappa shape index (κ3) is 2.07. The Bertz CT molecular complexity index is 155. The minimum Gasteiger partial charge on any atom is -0.325 e. The summed E-state index contributed by atoms with van der Waals surface area (Å²) in [7, 11) is 0. The van der Waals surface area contributed by atoms with Gasteiger partial charge in [-0.05, 0) is 24.7 Å². The second-order valence-corrected chi connectivity index (χ2v) is 4.77. The summed E-state index contributed by atoms with van der Waals surface area (Å²) in [6.45, 7) is 6.88. The van der Waals surface area contributed by atoms with Crippen LogP contribution in [-0.4, -0.2) is 5.54 Å². The molecule has 1 saturated carbocycles. The molecule has 0 radical (unpaired) electrons. The Morgan fingerprint density at radius 1 is 1.38 bits per heavy atom. The lowest BCUT2D eigenvalue weighted by Gasteiger charge is -2.45. The molecule has 0 saturated heterocycles. The smallest absolute Gasteiger partial charge is 0.0208 e. The Hall–Kier alpha value is -0.0400. The molecule has 0 spiro atoms. The number of hydrogen-bond donors (Lipinski definition) is 1. The number of nitrogens with two attached hydrogens (primary N) is 1. The highest BCUT2D eigenvalue weighted by Gasteiger charge is 2.39. The molecule has 78 valence electrons. The van der Waals surface area contributed by atoms with E-state index in [-0.39, 0.29) is 5.54 Å². The second-order valence-electron chi connectivity index (χ2n) is 4.77. The van der Waals surface area contributed by atoms with Crippen LogP contribution in [0.15, 0.2) is 0 Å². The van der Waals surface area contributed by atoms with Crippen molar-refractivity contribution >= 4 is 0 Å². The molecule has 0 aromatic carbocycles. The van der Waals surface area contributed by atoms with Crippen LogP contribution in [0.2, 0.25) is 0 Å². The minimum atomic E-state index is 0.155. The Kier molecular flexibility index (Phi) is 3.78. The molecular formula is C12H25N. The first-order valence-electron chi connectivity index (χ1n) is 5.94. The first-order valence-corrected chi connectivity index (χ1v) is 5.94. The van der Waals surface area contributed by atoms with Crippen molar-refractivity contribution in [2.75, 3.05) is 0 Å². The van der Waals surface area contributed by atoms with Gasteiger partial charge in [-0.1, -0.05) is 46.5 Å². The van der Waals surface area contributed by atoms with Crippen molar-refractivity contribution < 1.29 is 0 Å². The van der Waals surface area contributed by atoms with E-state index in [1.807, 2.05) is 0 Å². The van der Waals surface area contributed by atoms with Gasteiger partial charge in [-0.3, -0.25) is 0 Å². The molecule has 1 fully saturated rings. The molecule has 0 heterocycles. The maximum absolute atomic E-state index is 6.57. The zero-order valence-electron chi connectivity index (χ0n) is 9.47. The maximum Gasteiger partial charge on any atom is 0.0208 e. The minimum absolute atomic E-state index is 0.155. The largest absolute Gasteiger partial charge is 0.325 e. The van der Waals surface area contributed by atoms with Crippen molar-refractivity contribution in [3.8, 4) is 0 Å². The maximum atomic E-state index is 6.57. The van der Waals surface area contributed by atoms with E-state index in [1.165, 1.54) is 38.5 Å². The molecule has 1 aliphatic carbocycles. The van der Waals surface area contributed by atoms with E-state index < -0.39 is 0 Å². The first-order chi connectivity index (χ1) is 6.15. The standard InChI is InChI=1S/C12H25N/c1-4-10(3)12(13)9-7-6-8-11(12)5-2/h10-11H,4-9,13H2,1-3H3. The van der Waals surface area contributed by atoms with E-state index >= 15 is 0 Å². The normalized spacial score (nSPS) is 37.4. The van der Waals surface area contributed by atoms with Crippen LogP contribution in [-0.2, 0) is 0 Å². The van der Waals surface area contributed by atoms with Crippen molar-refractivity contribution in [1.82, 2.24) is 0 Å². The molecular weight excluding hydrogens is 158 g/mol. The van der Waals surface area contributed by atoms with Crippen LogP contribution < -0.4 is 5.73 Å². The Balaban J connectivity index is 2.70. The lowest BCUT2D eigenvalue weighted by atomic mass is 9.65. The van der Waals surface area contributed by atoms with Crippen LogP contribution in [0.1, 0.15) is 59.3 Å². The SMILES string of the molecule is CCC(C)C1(N)CCCCC1CC. The summed E-state index contributed by atoms with van der Waals surface area (Å²) in [4.78, 5) is 0. The van der Waals surface area contributed by atoms with Crippen molar-refractivity contribution in [1.29, 1.82) is 0 Å². The van der Waals surface area contributed by atoms with Crippen molar-refractivity contribution in [3.63, 3.8) is 0 Å². The van der Waals surface area contributed by atoms with Crippen LogP contribution in [0.5, 0.6) is 0 Å². The van der Waals surface area contributed by atoms with Gasteiger partial charge < -0.3 is 5.73 Å². The number of hydrogen-bond acceptors (Lipinski definition) is 1. The molecule has 0 bridgehead atoms. The Morgan fingerprint density at radius 2 is 2.08 bits per heavy atom. The van der Waals surface area contributed by atoms with Gasteiger partial charge in [-0.15, -0.1) is 0 Å². The van der Waals surface area contributed by atoms with Crippen LogP contribution in [0.25, 0.3) is 0 Å². The fourth-order valence-electron chi connectivity index (χ4n) is 2.91. The Labute approximate surface area is 83.1 Å². The molecule has 13 heavy (non-hydrogen) atoms. The van der Waals surface area contributed by atoms with Gasteiger partial charge in [0.2, 0.25) is 0 Å². The van der Waals surface area contributed by atoms with E-state index in [4.69, 9.17) is 5.73 Å². The highest BCUT2D eigenvalue weighted by molar-refractivity contribution is 4.96. The predicted octanol–water partition coefficient (Wildman–Crippen LogP) is 3.33. The zero-order chi connectivity index (χ0) is 9.90. The molecule has 1 heteroatoms. The molecule has 1 nitrogen and oxygen atoms in total. The van der Waals surface area contributed by atoms with Crippen LogP contribution in [0, 0.1) is 11.8 Å². The topological polar surface area (TPSA) is 26.0 Å². The fraction of sp³-hybridized carbons (Fsp3) is 1.00. The summed E-state index contributed by atoms with van der Waals surface area (Å²) in [5.74, 6) is 1.47. The molecule has 2 N–H and O–H groups in total. The lowest BCUT2D eigenvalue weighted by Crippen LogP contribution is -2.53. The van der Waals surface area contributed by atoms with Crippen LogP contribution in [0.4, 0.5) is 0 Å². The van der Waals surface area contributed by atoms with Crippen molar-refractivity contribution in [2.24, 2.45) is 17.6 Å². The van der Waals surface area contributed by atoms with Crippen LogP contribution >= 0.6 is 0 Å². The van der Waals surface area contributed by atoms with Gasteiger partial charge in [0.1, 0.15) is 0 Å². The zero-order valence-corrected chi connectivity index (χ0v) is 9.47. The fourth-order valence-corrected chi connectivity index (χ4v) is 2.91. The predicted molar refractivity (Wildman–Crippen MR) is 58.6 cm³/mol. The summed E-state index contributed by atoms with van der Waals surface area (Å²) >= 11 is 0. The molecule has 3 atom stereocenters. The number of rotatable bonds is 3. The second kappa shape index (κ2) is 4.45. The van der Waals surface area contributed by atoms with E-state index in [0.717, 1.165) is 5.92 Å². The Morgan fingerprint density at radius 3 is 2.62 bits per heavy atom. The van der Waals surface area contributed by atoms with E-state index in [9.17, 15) is 0 Å². The van der Waals surface area contributed by atoms with Crippen molar-refractivity contribution in [3.05, 3.63) is 0 Å². The summed E-state index contributed by atoms with van der Waals surface area (Å²) < 4.78 is 0. The highest BCUT2D eigenvalue weighted by atomic mass is 14.8. The summed E-state index contributed by atoms with van der Waals surface area (Å²) in [6, 6.07) is 0. The van der Waals surface area contributed by atoms with Gasteiger partial charge in [-0.2, -0.15) is 0 Å². The van der Waals surface area contributed by atoms with E-state index in [1.54, 1.807) is 0 Å². The molecule has 0 aromatic heterocycles.